The molecule has 0 unspecified atom stereocenters. The van der Waals surface area contributed by atoms with Gasteiger partial charge in [-0.15, -0.1) is 11.8 Å². The predicted octanol–water partition coefficient (Wildman–Crippen LogP) is 9.11. The zero-order valence-corrected chi connectivity index (χ0v) is 19.4. The Kier molecular flexibility index (Phi) is 7.98. The molecule has 3 rings (SSSR count). The smallest absolute Gasteiger partial charge is 0.199 e. The van der Waals surface area contributed by atoms with Crippen molar-refractivity contribution in [3.05, 3.63) is 107 Å². The van der Waals surface area contributed by atoms with Crippen molar-refractivity contribution in [1.29, 1.82) is 0 Å². The average molecular weight is 503 g/mol. The van der Waals surface area contributed by atoms with Crippen LogP contribution in [0.3, 0.4) is 0 Å². The zero-order chi connectivity index (χ0) is 21.0. The third-order valence-electron chi connectivity index (χ3n) is 4.00. The van der Waals surface area contributed by atoms with Crippen molar-refractivity contribution in [1.82, 2.24) is 0 Å². The van der Waals surface area contributed by atoms with Gasteiger partial charge in [-0.2, -0.15) is 0 Å². The fourth-order valence-electron chi connectivity index (χ4n) is 2.48. The molecule has 0 N–H and O–H groups in total. The van der Waals surface area contributed by atoms with Crippen molar-refractivity contribution in [2.45, 2.75) is 5.75 Å². The van der Waals surface area contributed by atoms with Crippen molar-refractivity contribution in [3.63, 3.8) is 0 Å². The lowest BCUT2D eigenvalue weighted by atomic mass is 10.1. The van der Waals surface area contributed by atoms with Gasteiger partial charge in [-0.3, -0.25) is 4.79 Å². The van der Waals surface area contributed by atoms with E-state index in [1.807, 2.05) is 6.07 Å². The molecule has 0 aromatic heterocycles. The molecule has 0 heterocycles. The van der Waals surface area contributed by atoms with E-state index < -0.39 is 0 Å². The highest BCUT2D eigenvalue weighted by atomic mass is 35.5. The minimum Gasteiger partial charge on any atom is -0.288 e. The van der Waals surface area contributed by atoms with Crippen LogP contribution in [-0.4, -0.2) is 5.78 Å². The maximum Gasteiger partial charge on any atom is 0.199 e. The van der Waals surface area contributed by atoms with Crippen LogP contribution in [0.1, 0.15) is 21.5 Å². The largest absolute Gasteiger partial charge is 0.288 e. The number of carbonyl (C=O) groups excluding carboxylic acids is 1. The molecular weight excluding hydrogens is 490 g/mol. The van der Waals surface area contributed by atoms with Crippen LogP contribution in [-0.2, 0) is 5.75 Å². The number of hydrogen-bond acceptors (Lipinski definition) is 2. The number of carbonyl (C=O) groups is 1. The van der Waals surface area contributed by atoms with E-state index in [0.29, 0.717) is 46.9 Å². The zero-order valence-electron chi connectivity index (χ0n) is 14.8. The Morgan fingerprint density at radius 3 is 2.21 bits per heavy atom. The van der Waals surface area contributed by atoms with E-state index in [1.54, 1.807) is 60.7 Å². The van der Waals surface area contributed by atoms with Gasteiger partial charge in [0.25, 0.3) is 0 Å². The number of halogens is 5. The van der Waals surface area contributed by atoms with Crippen LogP contribution < -0.4 is 0 Å². The Morgan fingerprint density at radius 1 is 0.828 bits per heavy atom. The summed E-state index contributed by atoms with van der Waals surface area (Å²) in [6, 6.07) is 17.3. The first-order valence-electron chi connectivity index (χ1n) is 8.38. The molecular formula is C22H13Cl5OS. The molecule has 0 aliphatic carbocycles. The number of hydrogen-bond donors (Lipinski definition) is 0. The summed E-state index contributed by atoms with van der Waals surface area (Å²) >= 11 is 32.0. The minimum absolute atomic E-state index is 0.146. The van der Waals surface area contributed by atoms with Crippen LogP contribution in [0.5, 0.6) is 0 Å². The van der Waals surface area contributed by atoms with Crippen molar-refractivity contribution in [2.75, 3.05) is 0 Å². The molecule has 29 heavy (non-hydrogen) atoms. The predicted molar refractivity (Wildman–Crippen MR) is 128 cm³/mol. The first-order valence-corrected chi connectivity index (χ1v) is 11.3. The molecule has 0 amide bonds. The number of ketones is 1. The second kappa shape index (κ2) is 10.3. The topological polar surface area (TPSA) is 17.1 Å². The molecule has 0 aliphatic heterocycles. The van der Waals surface area contributed by atoms with Gasteiger partial charge in [-0.1, -0.05) is 76.2 Å². The van der Waals surface area contributed by atoms with E-state index in [4.69, 9.17) is 58.0 Å². The van der Waals surface area contributed by atoms with E-state index in [9.17, 15) is 4.79 Å². The fraction of sp³-hybridized carbons (Fsp3) is 0.0455. The summed E-state index contributed by atoms with van der Waals surface area (Å²) in [5.74, 6) is 0.340. The van der Waals surface area contributed by atoms with Crippen molar-refractivity contribution < 1.29 is 4.79 Å². The SMILES string of the molecule is O=C(C(=Cc1cccc(Cl)c1Cl)SCc1ccc(Cl)cc1Cl)c1ccc(Cl)cc1. The van der Waals surface area contributed by atoms with Crippen LogP contribution in [0.2, 0.25) is 25.1 Å². The lowest BCUT2D eigenvalue weighted by Gasteiger charge is -2.10. The second-order valence-electron chi connectivity index (χ2n) is 6.01. The number of benzene rings is 3. The Hall–Kier alpha value is -1.13. The summed E-state index contributed by atoms with van der Waals surface area (Å²) in [6.07, 6.45) is 1.74. The second-order valence-corrected chi connectivity index (χ2v) is 9.09. The molecule has 0 fully saturated rings. The summed E-state index contributed by atoms with van der Waals surface area (Å²) in [5.41, 5.74) is 2.05. The minimum atomic E-state index is -0.146. The van der Waals surface area contributed by atoms with Crippen LogP contribution in [0.4, 0.5) is 0 Å². The summed E-state index contributed by atoms with van der Waals surface area (Å²) < 4.78 is 0. The van der Waals surface area contributed by atoms with Gasteiger partial charge in [0.05, 0.1) is 15.0 Å². The Morgan fingerprint density at radius 2 is 1.52 bits per heavy atom. The molecule has 148 valence electrons. The Labute approximate surface area is 198 Å². The highest BCUT2D eigenvalue weighted by Gasteiger charge is 2.16. The van der Waals surface area contributed by atoms with Crippen LogP contribution in [0, 0.1) is 0 Å². The monoisotopic (exact) mass is 500 g/mol. The fourth-order valence-corrected chi connectivity index (χ4v) is 4.55. The standard InChI is InChI=1S/C22H13Cl5OS/c23-16-7-4-13(5-8-16)22(28)20(10-14-2-1-3-18(25)21(14)27)29-12-15-6-9-17(24)11-19(15)26/h1-11H,12H2. The van der Waals surface area contributed by atoms with E-state index in [1.165, 1.54) is 11.8 Å². The van der Waals surface area contributed by atoms with Gasteiger partial charge in [0.15, 0.2) is 5.78 Å². The van der Waals surface area contributed by atoms with Crippen LogP contribution >= 0.6 is 69.8 Å². The molecule has 1 nitrogen and oxygen atoms in total. The van der Waals surface area contributed by atoms with E-state index in [0.717, 1.165) is 5.56 Å². The van der Waals surface area contributed by atoms with E-state index in [-0.39, 0.29) is 5.78 Å². The van der Waals surface area contributed by atoms with Crippen LogP contribution in [0.15, 0.2) is 65.6 Å². The molecule has 0 radical (unpaired) electrons. The number of rotatable bonds is 6. The highest BCUT2D eigenvalue weighted by molar-refractivity contribution is 8.03. The molecule has 0 saturated heterocycles. The maximum absolute atomic E-state index is 13.2. The third-order valence-corrected chi connectivity index (χ3v) is 6.74. The van der Waals surface area contributed by atoms with Crippen molar-refractivity contribution >= 4 is 81.6 Å². The van der Waals surface area contributed by atoms with Gasteiger partial charge in [0.1, 0.15) is 0 Å². The molecule has 0 atom stereocenters. The normalized spacial score (nSPS) is 11.6. The van der Waals surface area contributed by atoms with E-state index in [2.05, 4.69) is 0 Å². The molecule has 0 aliphatic rings. The molecule has 7 heteroatoms. The maximum atomic E-state index is 13.2. The number of allylic oxidation sites excluding steroid dienone is 1. The van der Waals surface area contributed by atoms with Gasteiger partial charge >= 0.3 is 0 Å². The van der Waals surface area contributed by atoms with Gasteiger partial charge in [-0.05, 0) is 59.7 Å². The van der Waals surface area contributed by atoms with E-state index >= 15 is 0 Å². The van der Waals surface area contributed by atoms with Crippen molar-refractivity contribution in [2.24, 2.45) is 0 Å². The molecule has 3 aromatic rings. The lowest BCUT2D eigenvalue weighted by Crippen LogP contribution is -2.01. The summed E-state index contributed by atoms with van der Waals surface area (Å²) in [7, 11) is 0. The molecule has 0 bridgehead atoms. The highest BCUT2D eigenvalue weighted by Crippen LogP contribution is 2.34. The third kappa shape index (κ3) is 5.95. The Bertz CT molecular complexity index is 1080. The Balaban J connectivity index is 1.96. The first kappa shape index (κ1) is 22.6. The summed E-state index contributed by atoms with van der Waals surface area (Å²) in [5, 5.41) is 2.47. The molecule has 3 aromatic carbocycles. The molecule has 0 saturated carbocycles. The van der Waals surface area contributed by atoms with Gasteiger partial charge in [0.2, 0.25) is 0 Å². The number of Topliss-reactive ketones (excluding diaryl/α,β-unsaturated/α-hetero) is 1. The first-order chi connectivity index (χ1) is 13.8. The average Bonchev–Trinajstić information content (AvgIpc) is 2.69. The van der Waals surface area contributed by atoms with Gasteiger partial charge < -0.3 is 0 Å². The summed E-state index contributed by atoms with van der Waals surface area (Å²) in [6.45, 7) is 0. The quantitative estimate of drug-likeness (QED) is 0.247. The lowest BCUT2D eigenvalue weighted by molar-refractivity contribution is 0.104. The van der Waals surface area contributed by atoms with Gasteiger partial charge in [-0.25, -0.2) is 0 Å². The van der Waals surface area contributed by atoms with Crippen LogP contribution in [0.25, 0.3) is 6.08 Å². The number of thioether (sulfide) groups is 1. The van der Waals surface area contributed by atoms with Gasteiger partial charge in [0, 0.05) is 26.4 Å². The molecule has 0 spiro atoms. The summed E-state index contributed by atoms with van der Waals surface area (Å²) in [4.78, 5) is 13.7. The van der Waals surface area contributed by atoms with Crippen molar-refractivity contribution in [3.8, 4) is 0 Å².